The Balaban J connectivity index is 1.64. The van der Waals surface area contributed by atoms with Crippen LogP contribution >= 0.6 is 11.8 Å². The van der Waals surface area contributed by atoms with Crippen LogP contribution in [0.3, 0.4) is 0 Å². The van der Waals surface area contributed by atoms with Crippen LogP contribution in [0, 0.1) is 0 Å². The molecule has 8 heteroatoms. The first-order valence-corrected chi connectivity index (χ1v) is 11.6. The van der Waals surface area contributed by atoms with Gasteiger partial charge < -0.3 is 5.32 Å². The Labute approximate surface area is 154 Å². The zero-order chi connectivity index (χ0) is 17.9. The summed E-state index contributed by atoms with van der Waals surface area (Å²) < 4.78 is 24.9. The van der Waals surface area contributed by atoms with Crippen molar-refractivity contribution in [2.45, 2.75) is 25.4 Å². The Morgan fingerprint density at radius 3 is 2.76 bits per heavy atom. The van der Waals surface area contributed by atoms with Gasteiger partial charge in [-0.15, -0.1) is 0 Å². The Kier molecular flexibility index (Phi) is 6.04. The van der Waals surface area contributed by atoms with Gasteiger partial charge in [-0.2, -0.15) is 16.1 Å². The first-order valence-electron chi connectivity index (χ1n) is 8.60. The summed E-state index contributed by atoms with van der Waals surface area (Å²) in [5.41, 5.74) is 1.89. The molecule has 2 aliphatic rings. The number of carbonyl (C=O) groups excluding carboxylic acids is 1. The molecular weight excluding hydrogens is 358 g/mol. The molecule has 1 N–H and O–H groups in total. The van der Waals surface area contributed by atoms with E-state index < -0.39 is 16.1 Å². The molecule has 6 nitrogen and oxygen atoms in total. The molecule has 0 bridgehead atoms. The summed E-state index contributed by atoms with van der Waals surface area (Å²) in [4.78, 5) is 15.0. The van der Waals surface area contributed by atoms with Gasteiger partial charge in [-0.05, 0) is 30.5 Å². The van der Waals surface area contributed by atoms with Crippen LogP contribution in [-0.2, 0) is 21.4 Å². The van der Waals surface area contributed by atoms with Crippen molar-refractivity contribution in [1.29, 1.82) is 0 Å². The molecule has 0 saturated carbocycles. The second-order valence-electron chi connectivity index (χ2n) is 6.61. The number of hydrogen-bond acceptors (Lipinski definition) is 5. The molecule has 1 aromatic carbocycles. The van der Waals surface area contributed by atoms with Crippen molar-refractivity contribution in [3.63, 3.8) is 0 Å². The molecule has 0 radical (unpaired) electrons. The summed E-state index contributed by atoms with van der Waals surface area (Å²) >= 11 is 1.98. The number of nitrogens with zero attached hydrogens (tertiary/aromatic N) is 2. The second kappa shape index (κ2) is 8.07. The van der Waals surface area contributed by atoms with Crippen LogP contribution in [0.4, 0.5) is 5.69 Å². The number of sulfonamides is 1. The lowest BCUT2D eigenvalue weighted by Crippen LogP contribution is -2.42. The number of nitrogens with one attached hydrogen (secondary N) is 1. The van der Waals surface area contributed by atoms with E-state index in [1.807, 2.05) is 30.0 Å². The van der Waals surface area contributed by atoms with E-state index in [9.17, 15) is 13.2 Å². The fourth-order valence-electron chi connectivity index (χ4n) is 3.39. The van der Waals surface area contributed by atoms with Crippen LogP contribution in [-0.4, -0.2) is 67.0 Å². The van der Waals surface area contributed by atoms with Crippen molar-refractivity contribution < 1.29 is 13.2 Å². The molecule has 0 spiro atoms. The molecule has 1 aromatic rings. The first-order chi connectivity index (χ1) is 11.9. The van der Waals surface area contributed by atoms with Crippen LogP contribution < -0.4 is 5.32 Å². The molecular formula is C17H25N3O3S2. The highest BCUT2D eigenvalue weighted by atomic mass is 32.2. The van der Waals surface area contributed by atoms with Crippen molar-refractivity contribution in [2.24, 2.45) is 0 Å². The lowest BCUT2D eigenvalue weighted by molar-refractivity contribution is -0.119. The maximum atomic E-state index is 12.5. The number of amides is 1. The van der Waals surface area contributed by atoms with E-state index in [1.54, 1.807) is 0 Å². The molecule has 138 valence electrons. The van der Waals surface area contributed by atoms with E-state index in [0.29, 0.717) is 13.0 Å². The monoisotopic (exact) mass is 383 g/mol. The van der Waals surface area contributed by atoms with Gasteiger partial charge in [0, 0.05) is 43.4 Å². The minimum atomic E-state index is -3.35. The Morgan fingerprint density at radius 1 is 1.28 bits per heavy atom. The van der Waals surface area contributed by atoms with Crippen molar-refractivity contribution in [3.8, 4) is 0 Å². The predicted molar refractivity (Wildman–Crippen MR) is 102 cm³/mol. The van der Waals surface area contributed by atoms with Gasteiger partial charge in [0.15, 0.2) is 0 Å². The van der Waals surface area contributed by atoms with Gasteiger partial charge in [0.2, 0.25) is 15.9 Å². The molecule has 2 saturated heterocycles. The zero-order valence-corrected chi connectivity index (χ0v) is 16.1. The van der Waals surface area contributed by atoms with Gasteiger partial charge >= 0.3 is 0 Å². The summed E-state index contributed by atoms with van der Waals surface area (Å²) in [5, 5.41) is 2.90. The normalized spacial score (nSPS) is 22.8. The van der Waals surface area contributed by atoms with Crippen molar-refractivity contribution in [3.05, 3.63) is 29.8 Å². The number of thioether (sulfide) groups is 1. The van der Waals surface area contributed by atoms with E-state index >= 15 is 0 Å². The minimum Gasteiger partial charge on any atom is -0.325 e. The summed E-state index contributed by atoms with van der Waals surface area (Å²) in [6.07, 6.45) is 2.46. The van der Waals surface area contributed by atoms with Gasteiger partial charge in [-0.1, -0.05) is 12.1 Å². The molecule has 2 aliphatic heterocycles. The average Bonchev–Trinajstić information content (AvgIpc) is 3.06. The van der Waals surface area contributed by atoms with Crippen molar-refractivity contribution in [1.82, 2.24) is 9.21 Å². The number of hydrogen-bond donors (Lipinski definition) is 1. The van der Waals surface area contributed by atoms with Gasteiger partial charge in [-0.25, -0.2) is 8.42 Å². The Hall–Kier alpha value is -1.09. The van der Waals surface area contributed by atoms with E-state index in [0.717, 1.165) is 43.6 Å². The highest BCUT2D eigenvalue weighted by molar-refractivity contribution is 7.99. The van der Waals surface area contributed by atoms with E-state index in [1.165, 1.54) is 15.8 Å². The van der Waals surface area contributed by atoms with Gasteiger partial charge in [0.05, 0.1) is 6.26 Å². The molecule has 2 fully saturated rings. The van der Waals surface area contributed by atoms with Crippen molar-refractivity contribution in [2.75, 3.05) is 42.7 Å². The third-order valence-electron chi connectivity index (χ3n) is 4.64. The van der Waals surface area contributed by atoms with Crippen LogP contribution in [0.5, 0.6) is 0 Å². The van der Waals surface area contributed by atoms with E-state index in [4.69, 9.17) is 0 Å². The molecule has 0 unspecified atom stereocenters. The molecule has 0 aliphatic carbocycles. The molecule has 0 aromatic heterocycles. The molecule has 1 amide bonds. The average molecular weight is 384 g/mol. The van der Waals surface area contributed by atoms with Crippen LogP contribution in [0.1, 0.15) is 18.4 Å². The highest BCUT2D eigenvalue weighted by Gasteiger charge is 2.36. The lowest BCUT2D eigenvalue weighted by Gasteiger charge is -2.26. The number of anilines is 1. The Morgan fingerprint density at radius 2 is 2.04 bits per heavy atom. The largest absolute Gasteiger partial charge is 0.325 e. The predicted octanol–water partition coefficient (Wildman–Crippen LogP) is 1.60. The number of carbonyl (C=O) groups is 1. The summed E-state index contributed by atoms with van der Waals surface area (Å²) in [6.45, 7) is 3.48. The molecule has 1 atom stereocenters. The third-order valence-corrected chi connectivity index (χ3v) is 6.87. The van der Waals surface area contributed by atoms with E-state index in [-0.39, 0.29) is 5.91 Å². The van der Waals surface area contributed by atoms with Gasteiger partial charge in [0.25, 0.3) is 0 Å². The molecule has 25 heavy (non-hydrogen) atoms. The second-order valence-corrected chi connectivity index (χ2v) is 9.77. The minimum absolute atomic E-state index is 0.241. The number of rotatable bonds is 5. The molecule has 3 rings (SSSR count). The highest BCUT2D eigenvalue weighted by Crippen LogP contribution is 2.22. The van der Waals surface area contributed by atoms with Crippen LogP contribution in [0.15, 0.2) is 24.3 Å². The van der Waals surface area contributed by atoms with Gasteiger partial charge in [0.1, 0.15) is 6.04 Å². The summed E-state index contributed by atoms with van der Waals surface area (Å²) in [7, 11) is -3.35. The fourth-order valence-corrected chi connectivity index (χ4v) is 5.49. The molecule has 2 heterocycles. The SMILES string of the molecule is CS(=O)(=O)N1CCC[C@@H]1C(=O)Nc1cccc(CN2CCSCC2)c1. The maximum Gasteiger partial charge on any atom is 0.242 e. The summed E-state index contributed by atoms with van der Waals surface area (Å²) in [5.74, 6) is 2.09. The lowest BCUT2D eigenvalue weighted by atomic mass is 10.1. The van der Waals surface area contributed by atoms with Gasteiger partial charge in [-0.3, -0.25) is 9.69 Å². The zero-order valence-electron chi connectivity index (χ0n) is 14.5. The first kappa shape index (κ1) is 18.7. The van der Waals surface area contributed by atoms with Crippen LogP contribution in [0.25, 0.3) is 0 Å². The standard InChI is InChI=1S/C17H25N3O3S2/c1-25(22,23)20-7-3-6-16(20)17(21)18-15-5-2-4-14(12-15)13-19-8-10-24-11-9-19/h2,4-5,12,16H,3,6-11,13H2,1H3,(H,18,21)/t16-/m1/s1. The quantitative estimate of drug-likeness (QED) is 0.836. The maximum absolute atomic E-state index is 12.5. The van der Waals surface area contributed by atoms with Crippen LogP contribution in [0.2, 0.25) is 0 Å². The van der Waals surface area contributed by atoms with Crippen molar-refractivity contribution >= 4 is 33.4 Å². The topological polar surface area (TPSA) is 69.7 Å². The Bertz CT molecular complexity index is 718. The fraction of sp³-hybridized carbons (Fsp3) is 0.588. The summed E-state index contributed by atoms with van der Waals surface area (Å²) in [6, 6.07) is 7.24. The smallest absolute Gasteiger partial charge is 0.242 e. The third kappa shape index (κ3) is 4.97. The number of benzene rings is 1. The van der Waals surface area contributed by atoms with E-state index in [2.05, 4.69) is 16.3 Å².